The Bertz CT molecular complexity index is 624. The van der Waals surface area contributed by atoms with Crippen molar-refractivity contribution >= 4 is 17.5 Å². The lowest BCUT2D eigenvalue weighted by atomic mass is 9.97. The molecule has 0 fully saturated rings. The number of ketones is 1. The van der Waals surface area contributed by atoms with Crippen molar-refractivity contribution in [2.24, 2.45) is 5.16 Å². The van der Waals surface area contributed by atoms with E-state index >= 15 is 0 Å². The van der Waals surface area contributed by atoms with Crippen LogP contribution in [0.5, 0.6) is 0 Å². The van der Waals surface area contributed by atoms with Gasteiger partial charge < -0.3 is 4.84 Å². The van der Waals surface area contributed by atoms with Crippen molar-refractivity contribution in [2.75, 3.05) is 0 Å². The molecule has 2 rings (SSSR count). The number of carbonyl (C=O) groups excluding carboxylic acids is 2. The van der Waals surface area contributed by atoms with Crippen LogP contribution in [0.25, 0.3) is 0 Å². The summed E-state index contributed by atoms with van der Waals surface area (Å²) in [5, 5.41) is 3.82. The molecule has 4 nitrogen and oxygen atoms in total. The highest BCUT2D eigenvalue weighted by Gasteiger charge is 2.15. The van der Waals surface area contributed by atoms with Crippen molar-refractivity contribution in [2.45, 2.75) is 20.3 Å². The second-order valence-electron chi connectivity index (χ2n) is 4.55. The average molecular weight is 269 g/mol. The molecule has 0 amide bonds. The molecule has 4 heteroatoms. The molecule has 102 valence electrons. The number of carbonyl (C=O) groups is 2. The Morgan fingerprint density at radius 1 is 1.10 bits per heavy atom. The lowest BCUT2D eigenvalue weighted by molar-refractivity contribution is -0.142. The van der Waals surface area contributed by atoms with Crippen LogP contribution in [0.4, 0.5) is 0 Å². The first-order chi connectivity index (χ1) is 9.58. The van der Waals surface area contributed by atoms with Gasteiger partial charge in [0.15, 0.2) is 5.78 Å². The van der Waals surface area contributed by atoms with Crippen LogP contribution in [0.2, 0.25) is 0 Å². The number of oxime groups is 1. The molecular weight excluding hydrogens is 254 g/mol. The number of allylic oxidation sites excluding steroid dienone is 4. The van der Waals surface area contributed by atoms with E-state index in [1.54, 1.807) is 19.9 Å². The van der Waals surface area contributed by atoms with Gasteiger partial charge in [-0.15, -0.1) is 0 Å². The molecule has 0 saturated carbocycles. The molecule has 0 atom stereocenters. The SMILES string of the molecule is CC1=C(C)/C(=N\OC(=O)Cc2ccccc2)C=CC1=O. The Balaban J connectivity index is 2.01. The van der Waals surface area contributed by atoms with Gasteiger partial charge >= 0.3 is 5.97 Å². The maximum atomic E-state index is 11.7. The summed E-state index contributed by atoms with van der Waals surface area (Å²) in [6.45, 7) is 3.50. The molecule has 0 aromatic heterocycles. The lowest BCUT2D eigenvalue weighted by Gasteiger charge is -2.09. The number of rotatable bonds is 3. The fourth-order valence-electron chi connectivity index (χ4n) is 1.78. The van der Waals surface area contributed by atoms with Gasteiger partial charge in [-0.05, 0) is 37.1 Å². The van der Waals surface area contributed by atoms with Crippen LogP contribution in [0.3, 0.4) is 0 Å². The van der Waals surface area contributed by atoms with E-state index in [1.165, 1.54) is 6.08 Å². The maximum absolute atomic E-state index is 11.7. The van der Waals surface area contributed by atoms with Crippen LogP contribution >= 0.6 is 0 Å². The largest absolute Gasteiger partial charge is 0.339 e. The molecule has 0 aliphatic heterocycles. The molecule has 1 aliphatic rings. The van der Waals surface area contributed by atoms with Crippen molar-refractivity contribution in [1.29, 1.82) is 0 Å². The molecule has 0 bridgehead atoms. The second-order valence-corrected chi connectivity index (χ2v) is 4.55. The van der Waals surface area contributed by atoms with Gasteiger partial charge in [-0.3, -0.25) is 4.79 Å². The van der Waals surface area contributed by atoms with Crippen molar-refractivity contribution in [1.82, 2.24) is 0 Å². The highest BCUT2D eigenvalue weighted by Crippen LogP contribution is 2.14. The maximum Gasteiger partial charge on any atom is 0.339 e. The molecule has 1 aromatic rings. The van der Waals surface area contributed by atoms with Crippen LogP contribution in [0, 0.1) is 0 Å². The molecular formula is C16H15NO3. The summed E-state index contributed by atoms with van der Waals surface area (Å²) in [6, 6.07) is 9.31. The molecule has 0 spiro atoms. The molecule has 0 heterocycles. The Morgan fingerprint density at radius 3 is 2.50 bits per heavy atom. The topological polar surface area (TPSA) is 55.7 Å². The summed E-state index contributed by atoms with van der Waals surface area (Å²) in [6.07, 6.45) is 3.15. The summed E-state index contributed by atoms with van der Waals surface area (Å²) in [5.74, 6) is -0.475. The molecule has 0 N–H and O–H groups in total. The normalized spacial score (nSPS) is 16.7. The van der Waals surface area contributed by atoms with Crippen molar-refractivity contribution in [3.63, 3.8) is 0 Å². The van der Waals surface area contributed by atoms with Crippen molar-refractivity contribution < 1.29 is 14.4 Å². The second kappa shape index (κ2) is 6.10. The van der Waals surface area contributed by atoms with E-state index < -0.39 is 5.97 Å². The number of hydrogen-bond donors (Lipinski definition) is 0. The van der Waals surface area contributed by atoms with Gasteiger partial charge in [0.25, 0.3) is 0 Å². The van der Waals surface area contributed by atoms with Crippen LogP contribution in [-0.4, -0.2) is 17.5 Å². The molecule has 20 heavy (non-hydrogen) atoms. The highest BCUT2D eigenvalue weighted by atomic mass is 16.7. The van der Waals surface area contributed by atoms with Crippen LogP contribution in [-0.2, 0) is 20.8 Å². The van der Waals surface area contributed by atoms with Crippen molar-refractivity contribution in [3.8, 4) is 0 Å². The van der Waals surface area contributed by atoms with E-state index in [0.717, 1.165) is 11.1 Å². The van der Waals surface area contributed by atoms with Gasteiger partial charge in [-0.1, -0.05) is 35.5 Å². The van der Waals surface area contributed by atoms with Gasteiger partial charge in [-0.2, -0.15) is 0 Å². The van der Waals surface area contributed by atoms with E-state index in [2.05, 4.69) is 5.16 Å². The van der Waals surface area contributed by atoms with Crippen LogP contribution in [0.1, 0.15) is 19.4 Å². The first kappa shape index (κ1) is 13.9. The third kappa shape index (κ3) is 3.29. The van der Waals surface area contributed by atoms with Gasteiger partial charge in [0.2, 0.25) is 0 Å². The van der Waals surface area contributed by atoms with E-state index in [9.17, 15) is 9.59 Å². The van der Waals surface area contributed by atoms with E-state index in [-0.39, 0.29) is 12.2 Å². The van der Waals surface area contributed by atoms with Gasteiger partial charge in [-0.25, -0.2) is 4.79 Å². The van der Waals surface area contributed by atoms with Gasteiger partial charge in [0.1, 0.15) is 5.71 Å². The Morgan fingerprint density at radius 2 is 1.80 bits per heavy atom. The minimum Gasteiger partial charge on any atom is -0.317 e. The van der Waals surface area contributed by atoms with Gasteiger partial charge in [0, 0.05) is 5.57 Å². The summed E-state index contributed by atoms with van der Waals surface area (Å²) in [4.78, 5) is 28.0. The monoisotopic (exact) mass is 269 g/mol. The molecule has 1 aromatic carbocycles. The number of nitrogens with zero attached hydrogens (tertiary/aromatic N) is 1. The quantitative estimate of drug-likeness (QED) is 0.481. The average Bonchev–Trinajstić information content (AvgIpc) is 2.45. The minimum absolute atomic E-state index is 0.0444. The Labute approximate surface area is 117 Å². The van der Waals surface area contributed by atoms with Crippen LogP contribution < -0.4 is 0 Å². The zero-order chi connectivity index (χ0) is 14.5. The first-order valence-corrected chi connectivity index (χ1v) is 6.30. The minimum atomic E-state index is -0.431. The number of hydrogen-bond acceptors (Lipinski definition) is 4. The Hall–Kier alpha value is -2.49. The van der Waals surface area contributed by atoms with E-state index in [1.807, 2.05) is 30.3 Å². The molecule has 0 saturated heterocycles. The summed E-state index contributed by atoms with van der Waals surface area (Å²) in [7, 11) is 0. The smallest absolute Gasteiger partial charge is 0.317 e. The standard InChI is InChI=1S/C16H15NO3/c1-11-12(2)15(18)9-8-14(11)17-20-16(19)10-13-6-4-3-5-7-13/h3-9H,10H2,1-2H3/b17-14-. The summed E-state index contributed by atoms with van der Waals surface area (Å²) in [5.41, 5.74) is 2.72. The van der Waals surface area contributed by atoms with E-state index in [4.69, 9.17) is 4.84 Å². The summed E-state index contributed by atoms with van der Waals surface area (Å²) < 4.78 is 0. The van der Waals surface area contributed by atoms with Crippen LogP contribution in [0.15, 0.2) is 58.8 Å². The highest BCUT2D eigenvalue weighted by molar-refractivity contribution is 6.21. The zero-order valence-corrected chi connectivity index (χ0v) is 11.4. The third-order valence-electron chi connectivity index (χ3n) is 3.15. The third-order valence-corrected chi connectivity index (χ3v) is 3.15. The van der Waals surface area contributed by atoms with E-state index in [0.29, 0.717) is 11.3 Å². The predicted molar refractivity (Wildman–Crippen MR) is 76.2 cm³/mol. The predicted octanol–water partition coefficient (Wildman–Crippen LogP) is 2.60. The zero-order valence-electron chi connectivity index (χ0n) is 11.4. The van der Waals surface area contributed by atoms with Gasteiger partial charge in [0.05, 0.1) is 6.42 Å². The molecule has 0 unspecified atom stereocenters. The Kier molecular flexibility index (Phi) is 4.25. The fourth-order valence-corrected chi connectivity index (χ4v) is 1.78. The summed E-state index contributed by atoms with van der Waals surface area (Å²) >= 11 is 0. The first-order valence-electron chi connectivity index (χ1n) is 6.30. The number of benzene rings is 1. The molecule has 1 aliphatic carbocycles. The fraction of sp³-hybridized carbons (Fsp3) is 0.188. The lowest BCUT2D eigenvalue weighted by Crippen LogP contribution is -2.13. The molecule has 0 radical (unpaired) electrons. The van der Waals surface area contributed by atoms with Crippen molar-refractivity contribution in [3.05, 3.63) is 59.2 Å².